The third-order valence-corrected chi connectivity index (χ3v) is 3.06. The van der Waals surface area contributed by atoms with E-state index in [1.165, 1.54) is 5.56 Å². The predicted molar refractivity (Wildman–Crippen MR) is 71.4 cm³/mol. The smallest absolute Gasteiger partial charge is 0.216 e. The van der Waals surface area contributed by atoms with E-state index in [0.29, 0.717) is 5.75 Å². The average Bonchev–Trinajstić information content (AvgIpc) is 2.41. The van der Waals surface area contributed by atoms with Gasteiger partial charge >= 0.3 is 0 Å². The van der Waals surface area contributed by atoms with Crippen LogP contribution >= 0.6 is 0 Å². The minimum Gasteiger partial charge on any atom is -0.508 e. The highest BCUT2D eigenvalue weighted by Crippen LogP contribution is 2.16. The highest BCUT2D eigenvalue weighted by atomic mass is 16.3. The summed E-state index contributed by atoms with van der Waals surface area (Å²) >= 11 is 0. The Morgan fingerprint density at radius 2 is 1.72 bits per heavy atom. The van der Waals surface area contributed by atoms with E-state index in [9.17, 15) is 5.11 Å². The number of nitrogens with zero attached hydrogens (tertiary/aromatic N) is 1. The summed E-state index contributed by atoms with van der Waals surface area (Å²) < 4.78 is 2.14. The molecule has 1 aromatic heterocycles. The summed E-state index contributed by atoms with van der Waals surface area (Å²) in [6.45, 7) is 0.807. The molecule has 0 radical (unpaired) electrons. The van der Waals surface area contributed by atoms with E-state index in [1.54, 1.807) is 12.1 Å². The second kappa shape index (κ2) is 4.49. The van der Waals surface area contributed by atoms with Crippen LogP contribution in [-0.2, 0) is 6.54 Å². The third kappa shape index (κ3) is 2.05. The molecule has 2 nitrogen and oxygen atoms in total. The molecular weight excluding hydrogens is 222 g/mol. The number of phenolic OH excluding ortho intramolecular Hbond substituents is 1. The monoisotopic (exact) mass is 236 g/mol. The molecule has 2 aromatic carbocycles. The zero-order valence-electron chi connectivity index (χ0n) is 9.95. The van der Waals surface area contributed by atoms with Crippen LogP contribution < -0.4 is 4.57 Å². The Bertz CT molecular complexity index is 677. The molecule has 0 aliphatic heterocycles. The molecule has 0 bridgehead atoms. The van der Waals surface area contributed by atoms with Crippen LogP contribution in [0, 0.1) is 0 Å². The quantitative estimate of drug-likeness (QED) is 0.680. The molecule has 1 N–H and O–H groups in total. The van der Waals surface area contributed by atoms with Crippen molar-refractivity contribution >= 4 is 10.9 Å². The van der Waals surface area contributed by atoms with Crippen LogP contribution in [0.1, 0.15) is 5.56 Å². The summed E-state index contributed by atoms with van der Waals surface area (Å²) in [6.07, 6.45) is 2.04. The van der Waals surface area contributed by atoms with Crippen LogP contribution in [0.4, 0.5) is 0 Å². The molecule has 2 heteroatoms. The molecule has 1 heterocycles. The molecular formula is C16H14NO+. The number of hydrogen-bond donors (Lipinski definition) is 1. The van der Waals surface area contributed by atoms with Crippen LogP contribution in [0.2, 0.25) is 0 Å². The summed E-state index contributed by atoms with van der Waals surface area (Å²) in [4.78, 5) is 0. The Morgan fingerprint density at radius 1 is 0.889 bits per heavy atom. The van der Waals surface area contributed by atoms with Gasteiger partial charge in [-0.1, -0.05) is 30.3 Å². The van der Waals surface area contributed by atoms with Gasteiger partial charge in [0, 0.05) is 17.0 Å². The number of benzene rings is 2. The number of rotatable bonds is 2. The number of pyridine rings is 1. The van der Waals surface area contributed by atoms with Gasteiger partial charge in [-0.25, -0.2) is 0 Å². The van der Waals surface area contributed by atoms with E-state index >= 15 is 0 Å². The lowest BCUT2D eigenvalue weighted by atomic mass is 10.2. The van der Waals surface area contributed by atoms with Gasteiger partial charge in [0.1, 0.15) is 5.75 Å². The first kappa shape index (κ1) is 10.8. The summed E-state index contributed by atoms with van der Waals surface area (Å²) in [7, 11) is 0. The Morgan fingerprint density at radius 3 is 2.56 bits per heavy atom. The van der Waals surface area contributed by atoms with Crippen molar-refractivity contribution in [2.24, 2.45) is 0 Å². The van der Waals surface area contributed by atoms with Gasteiger partial charge in [0.25, 0.3) is 0 Å². The molecule has 0 atom stereocenters. The number of hydrogen-bond acceptors (Lipinski definition) is 1. The minimum absolute atomic E-state index is 0.301. The molecule has 0 saturated heterocycles. The lowest BCUT2D eigenvalue weighted by Crippen LogP contribution is -2.34. The van der Waals surface area contributed by atoms with Crippen LogP contribution in [0.5, 0.6) is 5.75 Å². The third-order valence-electron chi connectivity index (χ3n) is 3.06. The normalized spacial score (nSPS) is 10.7. The van der Waals surface area contributed by atoms with Crippen molar-refractivity contribution in [3.05, 3.63) is 72.4 Å². The topological polar surface area (TPSA) is 24.1 Å². The lowest BCUT2D eigenvalue weighted by Gasteiger charge is -2.02. The van der Waals surface area contributed by atoms with Gasteiger partial charge in [0.15, 0.2) is 12.7 Å². The number of fused-ring (bicyclic) bond motifs is 1. The maximum absolute atomic E-state index is 9.61. The van der Waals surface area contributed by atoms with E-state index in [2.05, 4.69) is 22.8 Å². The highest BCUT2D eigenvalue weighted by Gasteiger charge is 2.09. The molecule has 0 aliphatic rings. The average molecular weight is 236 g/mol. The number of aromatic nitrogens is 1. The summed E-state index contributed by atoms with van der Waals surface area (Å²) in [5, 5.41) is 10.7. The first-order valence-corrected chi connectivity index (χ1v) is 5.98. The van der Waals surface area contributed by atoms with Crippen molar-refractivity contribution in [1.82, 2.24) is 0 Å². The fourth-order valence-electron chi connectivity index (χ4n) is 2.17. The lowest BCUT2D eigenvalue weighted by molar-refractivity contribution is -0.662. The molecule has 0 amide bonds. The molecule has 88 valence electrons. The van der Waals surface area contributed by atoms with E-state index in [4.69, 9.17) is 0 Å². The minimum atomic E-state index is 0.301. The van der Waals surface area contributed by atoms with Gasteiger partial charge in [-0.15, -0.1) is 0 Å². The number of aromatic hydroxyl groups is 1. The molecule has 3 aromatic rings. The van der Waals surface area contributed by atoms with E-state index in [-0.39, 0.29) is 0 Å². The van der Waals surface area contributed by atoms with Gasteiger partial charge in [-0.2, -0.15) is 4.57 Å². The second-order valence-electron chi connectivity index (χ2n) is 4.36. The van der Waals surface area contributed by atoms with Gasteiger partial charge in [-0.3, -0.25) is 0 Å². The Hall–Kier alpha value is -2.35. The highest BCUT2D eigenvalue weighted by molar-refractivity contribution is 5.76. The molecule has 0 aliphatic carbocycles. The summed E-state index contributed by atoms with van der Waals surface area (Å²) in [5.41, 5.74) is 2.29. The summed E-state index contributed by atoms with van der Waals surface area (Å²) in [6, 6.07) is 19.8. The van der Waals surface area contributed by atoms with E-state index < -0.39 is 0 Å². The van der Waals surface area contributed by atoms with Gasteiger partial charge in [0.2, 0.25) is 5.52 Å². The largest absolute Gasteiger partial charge is 0.508 e. The fourth-order valence-corrected chi connectivity index (χ4v) is 2.17. The molecule has 0 unspecified atom stereocenters. The van der Waals surface area contributed by atoms with Gasteiger partial charge in [-0.05, 0) is 18.2 Å². The maximum atomic E-state index is 9.61. The van der Waals surface area contributed by atoms with Crippen molar-refractivity contribution < 1.29 is 9.67 Å². The maximum Gasteiger partial charge on any atom is 0.216 e. The zero-order valence-corrected chi connectivity index (χ0v) is 9.95. The molecule has 0 saturated carbocycles. The van der Waals surface area contributed by atoms with Crippen LogP contribution in [0.3, 0.4) is 0 Å². The summed E-state index contributed by atoms with van der Waals surface area (Å²) in [5.74, 6) is 0.301. The molecule has 0 spiro atoms. The van der Waals surface area contributed by atoms with Crippen molar-refractivity contribution in [2.45, 2.75) is 6.54 Å². The molecule has 3 rings (SSSR count). The fraction of sp³-hybridized carbons (Fsp3) is 0.0625. The van der Waals surface area contributed by atoms with Crippen LogP contribution in [0.15, 0.2) is 66.9 Å². The molecule has 0 fully saturated rings. The second-order valence-corrected chi connectivity index (χ2v) is 4.36. The van der Waals surface area contributed by atoms with E-state index in [0.717, 1.165) is 17.4 Å². The van der Waals surface area contributed by atoms with E-state index in [1.807, 2.05) is 36.5 Å². The molecule has 18 heavy (non-hydrogen) atoms. The first-order chi connectivity index (χ1) is 8.83. The first-order valence-electron chi connectivity index (χ1n) is 5.98. The van der Waals surface area contributed by atoms with Crippen molar-refractivity contribution in [1.29, 1.82) is 0 Å². The Labute approximate surface area is 106 Å². The zero-order chi connectivity index (χ0) is 12.4. The Balaban J connectivity index is 2.09. The number of phenols is 1. The van der Waals surface area contributed by atoms with Crippen molar-refractivity contribution in [3.63, 3.8) is 0 Å². The van der Waals surface area contributed by atoms with Crippen molar-refractivity contribution in [3.8, 4) is 5.75 Å². The Kier molecular flexibility index (Phi) is 2.69. The SMILES string of the molecule is Oc1ccc2ccc[n+](Cc3ccccc3)c2c1. The van der Waals surface area contributed by atoms with Gasteiger partial charge < -0.3 is 5.11 Å². The van der Waals surface area contributed by atoms with Crippen LogP contribution in [-0.4, -0.2) is 5.11 Å². The van der Waals surface area contributed by atoms with Gasteiger partial charge in [0.05, 0.1) is 6.07 Å². The predicted octanol–water partition coefficient (Wildman–Crippen LogP) is 2.88. The van der Waals surface area contributed by atoms with Crippen LogP contribution in [0.25, 0.3) is 10.9 Å². The standard InChI is InChI=1S/C16H13NO/c18-15-9-8-14-7-4-10-17(16(14)11-15)12-13-5-2-1-3-6-13/h1-11H,12H2/p+1. The van der Waals surface area contributed by atoms with Crippen molar-refractivity contribution in [2.75, 3.05) is 0 Å².